The molecule has 1 N–H and O–H groups in total. The minimum absolute atomic E-state index is 0.152. The van der Waals surface area contributed by atoms with Gasteiger partial charge in [-0.05, 0) is 54.2 Å². The lowest BCUT2D eigenvalue weighted by molar-refractivity contribution is 0.225. The number of hydrogen-bond acceptors (Lipinski definition) is 1. The average Bonchev–Trinajstić information content (AvgIpc) is 2.38. The molecule has 0 aliphatic rings. The van der Waals surface area contributed by atoms with E-state index in [1.165, 1.54) is 0 Å². The normalized spacial score (nSPS) is 10.9. The molecule has 2 rings (SSSR count). The molecule has 0 fully saturated rings. The summed E-state index contributed by atoms with van der Waals surface area (Å²) < 4.78 is 0. The Hall–Kier alpha value is -1.02. The molecule has 0 aromatic heterocycles. The average molecular weight is 295 g/mol. The Morgan fingerprint density at radius 1 is 0.842 bits per heavy atom. The molecule has 0 spiro atoms. The van der Waals surface area contributed by atoms with Crippen molar-refractivity contribution >= 4 is 23.2 Å². The molecule has 0 aliphatic heterocycles. The first-order valence-corrected chi connectivity index (χ1v) is 7.02. The van der Waals surface area contributed by atoms with Gasteiger partial charge in [0.25, 0.3) is 0 Å². The molecule has 0 radical (unpaired) electrons. The lowest BCUT2D eigenvalue weighted by Crippen LogP contribution is -2.13. The molecule has 0 unspecified atom stereocenters. The molecule has 0 heterocycles. The van der Waals surface area contributed by atoms with Crippen LogP contribution in [-0.4, -0.2) is 11.7 Å². The van der Waals surface area contributed by atoms with E-state index in [4.69, 9.17) is 23.2 Å². The maximum absolute atomic E-state index is 9.52. The molecule has 1 nitrogen and oxygen atoms in total. The summed E-state index contributed by atoms with van der Waals surface area (Å²) >= 11 is 11.9. The standard InChI is InChI=1S/C16H16Cl2O/c17-15-5-1-3-12(9-15)7-14(11-19)8-13-4-2-6-16(18)10-13/h1-6,9-10,14,19H,7-8,11H2. The van der Waals surface area contributed by atoms with E-state index < -0.39 is 0 Å². The van der Waals surface area contributed by atoms with Crippen LogP contribution in [0.3, 0.4) is 0 Å². The van der Waals surface area contributed by atoms with Crippen LogP contribution in [0.15, 0.2) is 48.5 Å². The third kappa shape index (κ3) is 4.54. The SMILES string of the molecule is OCC(Cc1cccc(Cl)c1)Cc1cccc(Cl)c1. The van der Waals surface area contributed by atoms with E-state index in [1.807, 2.05) is 48.5 Å². The van der Waals surface area contributed by atoms with Gasteiger partial charge >= 0.3 is 0 Å². The largest absolute Gasteiger partial charge is 0.396 e. The van der Waals surface area contributed by atoms with Gasteiger partial charge in [0.15, 0.2) is 0 Å². The van der Waals surface area contributed by atoms with E-state index in [0.29, 0.717) is 0 Å². The first-order valence-electron chi connectivity index (χ1n) is 6.27. The highest BCUT2D eigenvalue weighted by molar-refractivity contribution is 6.30. The van der Waals surface area contributed by atoms with Gasteiger partial charge < -0.3 is 5.11 Å². The number of halogens is 2. The Labute approximate surface area is 123 Å². The fraction of sp³-hybridized carbons (Fsp3) is 0.250. The van der Waals surface area contributed by atoms with Gasteiger partial charge in [-0.25, -0.2) is 0 Å². The van der Waals surface area contributed by atoms with Crippen molar-refractivity contribution < 1.29 is 5.11 Å². The zero-order chi connectivity index (χ0) is 13.7. The maximum Gasteiger partial charge on any atom is 0.0465 e. The molecule has 0 aliphatic carbocycles. The zero-order valence-corrected chi connectivity index (χ0v) is 12.0. The van der Waals surface area contributed by atoms with Gasteiger partial charge in [0.2, 0.25) is 0 Å². The van der Waals surface area contributed by atoms with Crippen molar-refractivity contribution in [1.82, 2.24) is 0 Å². The van der Waals surface area contributed by atoms with Crippen LogP contribution in [0.5, 0.6) is 0 Å². The Morgan fingerprint density at radius 3 is 1.68 bits per heavy atom. The van der Waals surface area contributed by atoms with Gasteiger partial charge in [-0.15, -0.1) is 0 Å². The van der Waals surface area contributed by atoms with Crippen LogP contribution >= 0.6 is 23.2 Å². The highest BCUT2D eigenvalue weighted by atomic mass is 35.5. The number of aliphatic hydroxyl groups is 1. The van der Waals surface area contributed by atoms with E-state index in [9.17, 15) is 5.11 Å². The summed E-state index contributed by atoms with van der Waals surface area (Å²) in [5, 5.41) is 11.0. The van der Waals surface area contributed by atoms with Crippen LogP contribution < -0.4 is 0 Å². The predicted molar refractivity (Wildman–Crippen MR) is 80.9 cm³/mol. The summed E-state index contributed by atoms with van der Waals surface area (Å²) in [6.07, 6.45) is 1.62. The first-order chi connectivity index (χ1) is 9.17. The van der Waals surface area contributed by atoms with Crippen LogP contribution in [-0.2, 0) is 12.8 Å². The maximum atomic E-state index is 9.52. The number of benzene rings is 2. The van der Waals surface area contributed by atoms with Crippen molar-refractivity contribution in [2.45, 2.75) is 12.8 Å². The summed E-state index contributed by atoms with van der Waals surface area (Å²) in [7, 11) is 0. The lowest BCUT2D eigenvalue weighted by Gasteiger charge is -2.14. The third-order valence-electron chi connectivity index (χ3n) is 3.09. The van der Waals surface area contributed by atoms with Crippen LogP contribution in [0.2, 0.25) is 10.0 Å². The lowest BCUT2D eigenvalue weighted by atomic mass is 9.93. The molecule has 2 aromatic carbocycles. The molecule has 0 atom stereocenters. The van der Waals surface area contributed by atoms with Crippen molar-refractivity contribution in [3.63, 3.8) is 0 Å². The second kappa shape index (κ2) is 6.95. The second-order valence-corrected chi connectivity index (χ2v) is 5.59. The van der Waals surface area contributed by atoms with Crippen molar-refractivity contribution in [2.75, 3.05) is 6.61 Å². The molecule has 19 heavy (non-hydrogen) atoms. The summed E-state index contributed by atoms with van der Waals surface area (Å²) in [5.74, 6) is 0.178. The first kappa shape index (κ1) is 14.4. The van der Waals surface area contributed by atoms with E-state index in [2.05, 4.69) is 0 Å². The number of hydrogen-bond donors (Lipinski definition) is 1. The van der Waals surface area contributed by atoms with Crippen molar-refractivity contribution in [1.29, 1.82) is 0 Å². The van der Waals surface area contributed by atoms with Gasteiger partial charge in [-0.1, -0.05) is 47.5 Å². The fourth-order valence-electron chi connectivity index (χ4n) is 2.20. The molecule has 0 saturated heterocycles. The van der Waals surface area contributed by atoms with E-state index in [-0.39, 0.29) is 12.5 Å². The van der Waals surface area contributed by atoms with Gasteiger partial charge in [-0.2, -0.15) is 0 Å². The molecule has 2 aromatic rings. The van der Waals surface area contributed by atoms with Crippen molar-refractivity contribution in [3.8, 4) is 0 Å². The minimum Gasteiger partial charge on any atom is -0.396 e. The summed E-state index contributed by atoms with van der Waals surface area (Å²) in [4.78, 5) is 0. The Kier molecular flexibility index (Phi) is 5.26. The Morgan fingerprint density at radius 2 is 1.32 bits per heavy atom. The minimum atomic E-state index is 0.152. The van der Waals surface area contributed by atoms with Crippen LogP contribution in [0.25, 0.3) is 0 Å². The van der Waals surface area contributed by atoms with Crippen molar-refractivity contribution in [3.05, 3.63) is 69.7 Å². The molecular weight excluding hydrogens is 279 g/mol. The summed E-state index contributed by atoms with van der Waals surface area (Å²) in [5.41, 5.74) is 2.29. The zero-order valence-electron chi connectivity index (χ0n) is 10.5. The monoisotopic (exact) mass is 294 g/mol. The van der Waals surface area contributed by atoms with Crippen LogP contribution in [0.4, 0.5) is 0 Å². The smallest absolute Gasteiger partial charge is 0.0465 e. The number of rotatable bonds is 5. The van der Waals surface area contributed by atoms with E-state index >= 15 is 0 Å². The molecular formula is C16H16Cl2O. The quantitative estimate of drug-likeness (QED) is 0.867. The third-order valence-corrected chi connectivity index (χ3v) is 3.56. The van der Waals surface area contributed by atoms with Gasteiger partial charge in [0, 0.05) is 16.7 Å². The van der Waals surface area contributed by atoms with Gasteiger partial charge in [0.1, 0.15) is 0 Å². The molecule has 0 amide bonds. The molecule has 0 saturated carbocycles. The Bertz CT molecular complexity index is 492. The van der Waals surface area contributed by atoms with Crippen LogP contribution in [0.1, 0.15) is 11.1 Å². The second-order valence-electron chi connectivity index (χ2n) is 4.72. The summed E-state index contributed by atoms with van der Waals surface area (Å²) in [6, 6.07) is 15.5. The molecule has 3 heteroatoms. The highest BCUT2D eigenvalue weighted by Crippen LogP contribution is 2.19. The van der Waals surface area contributed by atoms with Gasteiger partial charge in [0.05, 0.1) is 0 Å². The topological polar surface area (TPSA) is 20.2 Å². The highest BCUT2D eigenvalue weighted by Gasteiger charge is 2.10. The fourth-order valence-corrected chi connectivity index (χ4v) is 2.62. The Balaban J connectivity index is 2.04. The molecule has 0 bridgehead atoms. The predicted octanol–water partition coefficient (Wildman–Crippen LogP) is 4.39. The summed E-state index contributed by atoms with van der Waals surface area (Å²) in [6.45, 7) is 0.152. The van der Waals surface area contributed by atoms with E-state index in [1.54, 1.807) is 0 Å². The molecule has 100 valence electrons. The van der Waals surface area contributed by atoms with E-state index in [0.717, 1.165) is 34.0 Å². The van der Waals surface area contributed by atoms with Crippen molar-refractivity contribution in [2.24, 2.45) is 5.92 Å². The van der Waals surface area contributed by atoms with Crippen LogP contribution in [0, 0.1) is 5.92 Å². The van der Waals surface area contributed by atoms with Gasteiger partial charge in [-0.3, -0.25) is 0 Å². The number of aliphatic hydroxyl groups excluding tert-OH is 1.